The van der Waals surface area contributed by atoms with E-state index in [4.69, 9.17) is 11.6 Å². The van der Waals surface area contributed by atoms with Crippen LogP contribution in [0, 0.1) is 6.92 Å². The van der Waals surface area contributed by atoms with Gasteiger partial charge in [-0.05, 0) is 42.5 Å². The average molecular weight is 364 g/mol. The molecule has 0 saturated carbocycles. The topological polar surface area (TPSA) is 52.6 Å². The fraction of sp³-hybridized carbons (Fsp3) is 0.412. The summed E-state index contributed by atoms with van der Waals surface area (Å²) in [5.41, 5.74) is 1.32. The lowest BCUT2D eigenvalue weighted by atomic mass is 10.2. The minimum atomic E-state index is 0.332. The predicted molar refractivity (Wildman–Crippen MR) is 102 cm³/mol. The summed E-state index contributed by atoms with van der Waals surface area (Å²) in [5.74, 6) is 1.70. The zero-order valence-corrected chi connectivity index (χ0v) is 15.5. The van der Waals surface area contributed by atoms with Crippen LogP contribution >= 0.6 is 22.9 Å². The SMILES string of the molecule is CN=C(NCc1sccc1C)NC1CCN(c2ncccc2Cl)C1. The van der Waals surface area contributed by atoms with Crippen molar-refractivity contribution in [1.82, 2.24) is 15.6 Å². The second-order valence-electron chi connectivity index (χ2n) is 5.84. The molecule has 1 atom stereocenters. The fourth-order valence-corrected chi connectivity index (χ4v) is 3.90. The first-order valence-electron chi connectivity index (χ1n) is 8.03. The van der Waals surface area contributed by atoms with E-state index < -0.39 is 0 Å². The summed E-state index contributed by atoms with van der Waals surface area (Å²) in [5, 5.41) is 9.71. The molecule has 0 radical (unpaired) electrons. The number of nitrogens with one attached hydrogen (secondary N) is 2. The van der Waals surface area contributed by atoms with Crippen LogP contribution < -0.4 is 15.5 Å². The largest absolute Gasteiger partial charge is 0.353 e. The minimum Gasteiger partial charge on any atom is -0.353 e. The Labute approximate surface area is 151 Å². The van der Waals surface area contributed by atoms with Gasteiger partial charge in [0.2, 0.25) is 0 Å². The second kappa shape index (κ2) is 7.85. The third kappa shape index (κ3) is 3.99. The van der Waals surface area contributed by atoms with Gasteiger partial charge in [-0.3, -0.25) is 4.99 Å². The maximum atomic E-state index is 6.25. The lowest BCUT2D eigenvalue weighted by Crippen LogP contribution is -2.44. The third-order valence-corrected chi connectivity index (χ3v) is 5.49. The van der Waals surface area contributed by atoms with Gasteiger partial charge in [-0.15, -0.1) is 11.3 Å². The number of aliphatic imine (C=N–C) groups is 1. The summed E-state index contributed by atoms with van der Waals surface area (Å²) in [6.45, 7) is 4.74. The standard InChI is InChI=1S/C17H22ClN5S/c1-12-6-9-24-15(12)10-21-17(19-2)22-13-5-8-23(11-13)16-14(18)4-3-7-20-16/h3-4,6-7,9,13H,5,8,10-11H2,1-2H3,(H2,19,21,22). The Bertz CT molecular complexity index is 715. The molecule has 1 unspecified atom stereocenters. The Hall–Kier alpha value is -1.79. The molecule has 24 heavy (non-hydrogen) atoms. The van der Waals surface area contributed by atoms with E-state index in [9.17, 15) is 0 Å². The van der Waals surface area contributed by atoms with Gasteiger partial charge in [0.25, 0.3) is 0 Å². The normalized spacial score (nSPS) is 18.0. The van der Waals surface area contributed by atoms with Crippen molar-refractivity contribution in [2.75, 3.05) is 25.0 Å². The quantitative estimate of drug-likeness (QED) is 0.647. The maximum absolute atomic E-state index is 6.25. The van der Waals surface area contributed by atoms with Crippen LogP contribution in [0.4, 0.5) is 5.82 Å². The van der Waals surface area contributed by atoms with E-state index in [0.717, 1.165) is 37.8 Å². The third-order valence-electron chi connectivity index (χ3n) is 4.18. The van der Waals surface area contributed by atoms with Gasteiger partial charge < -0.3 is 15.5 Å². The van der Waals surface area contributed by atoms with Crippen LogP contribution in [-0.4, -0.2) is 37.1 Å². The van der Waals surface area contributed by atoms with Crippen molar-refractivity contribution >= 4 is 34.7 Å². The number of thiophene rings is 1. The van der Waals surface area contributed by atoms with Gasteiger partial charge >= 0.3 is 0 Å². The summed E-state index contributed by atoms with van der Waals surface area (Å²) in [4.78, 5) is 12.3. The molecule has 2 aromatic heterocycles. The molecule has 0 aliphatic carbocycles. The zero-order valence-electron chi connectivity index (χ0n) is 13.9. The molecule has 0 amide bonds. The number of aromatic nitrogens is 1. The second-order valence-corrected chi connectivity index (χ2v) is 7.25. The Morgan fingerprint density at radius 2 is 2.38 bits per heavy atom. The lowest BCUT2D eigenvalue weighted by molar-refractivity contribution is 0.649. The van der Waals surface area contributed by atoms with Crippen molar-refractivity contribution in [1.29, 1.82) is 0 Å². The first-order valence-corrected chi connectivity index (χ1v) is 9.28. The number of hydrogen-bond donors (Lipinski definition) is 2. The molecule has 1 fully saturated rings. The van der Waals surface area contributed by atoms with Crippen LogP contribution in [0.5, 0.6) is 0 Å². The van der Waals surface area contributed by atoms with Crippen LogP contribution in [0.2, 0.25) is 5.02 Å². The van der Waals surface area contributed by atoms with E-state index in [0.29, 0.717) is 11.1 Å². The molecule has 128 valence electrons. The Balaban J connectivity index is 1.54. The van der Waals surface area contributed by atoms with Gasteiger partial charge in [-0.1, -0.05) is 11.6 Å². The first-order chi connectivity index (χ1) is 11.7. The highest BCUT2D eigenvalue weighted by Gasteiger charge is 2.25. The fourth-order valence-electron chi connectivity index (χ4n) is 2.82. The number of hydrogen-bond acceptors (Lipinski definition) is 4. The Kier molecular flexibility index (Phi) is 5.58. The van der Waals surface area contributed by atoms with Crippen molar-refractivity contribution in [3.05, 3.63) is 45.2 Å². The van der Waals surface area contributed by atoms with E-state index in [1.54, 1.807) is 24.6 Å². The molecule has 7 heteroatoms. The van der Waals surface area contributed by atoms with E-state index in [1.165, 1.54) is 10.4 Å². The van der Waals surface area contributed by atoms with Crippen molar-refractivity contribution in [3.8, 4) is 0 Å². The number of nitrogens with zero attached hydrogens (tertiary/aromatic N) is 3. The van der Waals surface area contributed by atoms with E-state index >= 15 is 0 Å². The van der Waals surface area contributed by atoms with Gasteiger partial charge in [0, 0.05) is 37.3 Å². The number of guanidine groups is 1. The highest BCUT2D eigenvalue weighted by molar-refractivity contribution is 7.10. The summed E-state index contributed by atoms with van der Waals surface area (Å²) in [6.07, 6.45) is 2.82. The van der Waals surface area contributed by atoms with Crippen molar-refractivity contribution in [3.63, 3.8) is 0 Å². The van der Waals surface area contributed by atoms with Crippen LogP contribution in [0.15, 0.2) is 34.8 Å². The van der Waals surface area contributed by atoms with Crippen molar-refractivity contribution in [2.45, 2.75) is 25.9 Å². The molecule has 0 bridgehead atoms. The van der Waals surface area contributed by atoms with E-state index in [-0.39, 0.29) is 0 Å². The molecule has 3 rings (SSSR count). The summed E-state index contributed by atoms with van der Waals surface area (Å²) in [7, 11) is 1.80. The molecular weight excluding hydrogens is 342 g/mol. The number of pyridine rings is 1. The van der Waals surface area contributed by atoms with Gasteiger partial charge in [0.05, 0.1) is 11.6 Å². The van der Waals surface area contributed by atoms with Crippen LogP contribution in [0.25, 0.3) is 0 Å². The monoisotopic (exact) mass is 363 g/mol. The summed E-state index contributed by atoms with van der Waals surface area (Å²) in [6, 6.07) is 6.21. The van der Waals surface area contributed by atoms with E-state index in [2.05, 4.69) is 43.9 Å². The maximum Gasteiger partial charge on any atom is 0.191 e. The number of anilines is 1. The first kappa shape index (κ1) is 17.0. The molecule has 0 spiro atoms. The number of aryl methyl sites for hydroxylation is 1. The molecule has 0 aromatic carbocycles. The lowest BCUT2D eigenvalue weighted by Gasteiger charge is -2.20. The summed E-state index contributed by atoms with van der Waals surface area (Å²) < 4.78 is 0. The highest BCUT2D eigenvalue weighted by Crippen LogP contribution is 2.25. The number of rotatable bonds is 4. The molecule has 1 saturated heterocycles. The molecule has 2 N–H and O–H groups in total. The van der Waals surface area contributed by atoms with Gasteiger partial charge in [0.1, 0.15) is 5.82 Å². The Morgan fingerprint density at radius 1 is 1.50 bits per heavy atom. The molecule has 2 aromatic rings. The Morgan fingerprint density at radius 3 is 3.08 bits per heavy atom. The smallest absolute Gasteiger partial charge is 0.191 e. The van der Waals surface area contributed by atoms with Gasteiger partial charge in [-0.25, -0.2) is 4.98 Å². The summed E-state index contributed by atoms with van der Waals surface area (Å²) >= 11 is 8.01. The number of halogens is 1. The minimum absolute atomic E-state index is 0.332. The molecular formula is C17H22ClN5S. The average Bonchev–Trinajstić information content (AvgIpc) is 3.21. The van der Waals surface area contributed by atoms with E-state index in [1.807, 2.05) is 12.1 Å². The molecule has 5 nitrogen and oxygen atoms in total. The van der Waals surface area contributed by atoms with Crippen LogP contribution in [-0.2, 0) is 6.54 Å². The highest BCUT2D eigenvalue weighted by atomic mass is 35.5. The molecule has 3 heterocycles. The molecule has 1 aliphatic heterocycles. The molecule has 1 aliphatic rings. The van der Waals surface area contributed by atoms with Crippen molar-refractivity contribution in [2.24, 2.45) is 4.99 Å². The van der Waals surface area contributed by atoms with Gasteiger partial charge in [0.15, 0.2) is 5.96 Å². The van der Waals surface area contributed by atoms with Crippen LogP contribution in [0.1, 0.15) is 16.9 Å². The van der Waals surface area contributed by atoms with Gasteiger partial charge in [-0.2, -0.15) is 0 Å². The zero-order chi connectivity index (χ0) is 16.9. The predicted octanol–water partition coefficient (Wildman–Crippen LogP) is 3.05. The van der Waals surface area contributed by atoms with Crippen molar-refractivity contribution < 1.29 is 0 Å². The van der Waals surface area contributed by atoms with Crippen LogP contribution in [0.3, 0.4) is 0 Å².